The first-order chi connectivity index (χ1) is 11.3. The van der Waals surface area contributed by atoms with Crippen LogP contribution in [0.1, 0.15) is 96.8 Å². The molecule has 0 aliphatic rings. The molecule has 0 amide bonds. The fraction of sp³-hybridized carbons (Fsp3) is 0.762. The highest BCUT2D eigenvalue weighted by atomic mass is 35.5. The molecule has 0 aliphatic carbocycles. The van der Waals surface area contributed by atoms with Crippen molar-refractivity contribution < 1.29 is 35.1 Å². The molecule has 0 atom stereocenters. The van der Waals surface area contributed by atoms with E-state index in [1.165, 1.54) is 89.9 Å². The Kier molecular flexibility index (Phi) is 21.5. The fourth-order valence-electron chi connectivity index (χ4n) is 3.21. The lowest BCUT2D eigenvalue weighted by Crippen LogP contribution is -3.00. The van der Waals surface area contributed by atoms with E-state index in [9.17, 15) is 0 Å². The van der Waals surface area contributed by atoms with Crippen molar-refractivity contribution in [2.24, 2.45) is 0 Å². The van der Waals surface area contributed by atoms with Gasteiger partial charge in [0.2, 0.25) is 0 Å². The Balaban J connectivity index is 0. The minimum atomic E-state index is 0. The molecule has 0 saturated carbocycles. The van der Waals surface area contributed by atoms with Crippen LogP contribution >= 0.6 is 0 Å². The average Bonchev–Trinajstić information content (AvgIpc) is 2.57. The van der Waals surface area contributed by atoms with Gasteiger partial charge in [0.25, 0.3) is 0 Å². The number of nitrogens with zero attached hydrogens (tertiary/aromatic N) is 1. The molecule has 0 unspecified atom stereocenters. The maximum atomic E-state index is 4.07. The molecule has 1 rings (SSSR count). The number of aryl methyl sites for hydroxylation is 1. The number of hydrogen-bond acceptors (Lipinski definition) is 0. The highest BCUT2D eigenvalue weighted by Crippen LogP contribution is 2.12. The van der Waals surface area contributed by atoms with Crippen LogP contribution in [0.15, 0.2) is 24.4 Å². The summed E-state index contributed by atoms with van der Waals surface area (Å²) in [5.74, 6) is 1.13. The van der Waals surface area contributed by atoms with Gasteiger partial charge in [-0.1, -0.05) is 84.0 Å². The summed E-state index contributed by atoms with van der Waals surface area (Å²) < 4.78 is 2.26. The Hall–Kier alpha value is -0.310. The third-order valence-corrected chi connectivity index (χ3v) is 4.79. The fourth-order valence-corrected chi connectivity index (χ4v) is 3.21. The average molecular weight is 391 g/mol. The molecule has 0 spiro atoms. The van der Waals surface area contributed by atoms with E-state index in [1.807, 2.05) is 0 Å². The van der Waals surface area contributed by atoms with Gasteiger partial charge in [0, 0.05) is 12.5 Å². The molecule has 1 aromatic heterocycles. The maximum Gasteiger partial charge on any atom is 0.363 e. The molecule has 0 bridgehead atoms. The molecule has 0 fully saturated rings. The number of quaternary nitrogens is 1. The van der Waals surface area contributed by atoms with Gasteiger partial charge in [-0.05, 0) is 12.5 Å². The molecule has 3 N–H and O–H groups in total. The van der Waals surface area contributed by atoms with E-state index in [-0.39, 0.29) is 24.8 Å². The zero-order valence-electron chi connectivity index (χ0n) is 16.3. The lowest BCUT2D eigenvalue weighted by atomic mass is 10.0. The first-order valence-corrected chi connectivity index (χ1v) is 10.1. The topological polar surface area (TPSA) is 31.5 Å². The van der Waals surface area contributed by atoms with E-state index in [0.29, 0.717) is 0 Å². The molecular weight excluding hydrogens is 351 g/mol. The Morgan fingerprint density at radius 1 is 0.680 bits per heavy atom. The number of halogens is 2. The van der Waals surface area contributed by atoms with Gasteiger partial charge in [-0.2, -0.15) is 4.57 Å². The van der Waals surface area contributed by atoms with E-state index in [2.05, 4.69) is 41.6 Å². The third-order valence-electron chi connectivity index (χ3n) is 4.79. The van der Waals surface area contributed by atoms with Crippen LogP contribution in [-0.2, 0) is 6.54 Å². The smallest absolute Gasteiger partial charge is 0.363 e. The zero-order valence-corrected chi connectivity index (χ0v) is 17.8. The normalized spacial score (nSPS) is 10.2. The van der Waals surface area contributed by atoms with E-state index in [0.717, 1.165) is 12.4 Å². The summed E-state index contributed by atoms with van der Waals surface area (Å²) in [5, 5.41) is 0. The predicted molar refractivity (Wildman–Crippen MR) is 99.5 cm³/mol. The first-order valence-electron chi connectivity index (χ1n) is 10.1. The van der Waals surface area contributed by atoms with E-state index in [1.54, 1.807) is 0 Å². The van der Waals surface area contributed by atoms with Crippen molar-refractivity contribution in [1.82, 2.24) is 0 Å². The second-order valence-electron chi connectivity index (χ2n) is 6.98. The summed E-state index contributed by atoms with van der Waals surface area (Å²) in [7, 11) is 0. The SMILES string of the molecule is CCCCCCCCCCCCCCCC[n+]1ccccc1[NH3+].[Cl-].[Cl-]. The molecule has 0 aromatic carbocycles. The third kappa shape index (κ3) is 15.6. The molecular formula is C21H40Cl2N2. The zero-order chi connectivity index (χ0) is 16.6. The van der Waals surface area contributed by atoms with Gasteiger partial charge >= 0.3 is 5.82 Å². The van der Waals surface area contributed by atoms with Crippen LogP contribution in [0, 0.1) is 0 Å². The van der Waals surface area contributed by atoms with Crippen molar-refractivity contribution in [2.75, 3.05) is 0 Å². The lowest BCUT2D eigenvalue weighted by Gasteiger charge is -2.03. The lowest BCUT2D eigenvalue weighted by molar-refractivity contribution is -0.725. The van der Waals surface area contributed by atoms with Gasteiger partial charge in [-0.25, -0.2) is 0 Å². The minimum absolute atomic E-state index is 0. The van der Waals surface area contributed by atoms with Crippen LogP contribution < -0.4 is 35.1 Å². The summed E-state index contributed by atoms with van der Waals surface area (Å²) in [6.45, 7) is 3.41. The summed E-state index contributed by atoms with van der Waals surface area (Å²) in [6, 6.07) is 6.24. The number of aromatic nitrogens is 1. The molecule has 2 nitrogen and oxygen atoms in total. The van der Waals surface area contributed by atoms with Gasteiger partial charge in [0.15, 0.2) is 12.7 Å². The molecule has 25 heavy (non-hydrogen) atoms. The molecule has 0 aliphatic heterocycles. The van der Waals surface area contributed by atoms with Crippen molar-refractivity contribution in [3.8, 4) is 0 Å². The number of rotatable bonds is 15. The molecule has 148 valence electrons. The van der Waals surface area contributed by atoms with Gasteiger partial charge in [-0.3, -0.25) is 5.73 Å². The van der Waals surface area contributed by atoms with Crippen LogP contribution in [0.25, 0.3) is 0 Å². The molecule has 0 saturated heterocycles. The van der Waals surface area contributed by atoms with Crippen LogP contribution in [0.3, 0.4) is 0 Å². The summed E-state index contributed by atoms with van der Waals surface area (Å²) in [6.07, 6.45) is 22.1. The summed E-state index contributed by atoms with van der Waals surface area (Å²) >= 11 is 0. The van der Waals surface area contributed by atoms with Crippen molar-refractivity contribution >= 4 is 5.82 Å². The Morgan fingerprint density at radius 2 is 1.12 bits per heavy atom. The minimum Gasteiger partial charge on any atom is -1.00 e. The number of unbranched alkanes of at least 4 members (excludes halogenated alkanes) is 13. The van der Waals surface area contributed by atoms with Crippen molar-refractivity contribution in [3.05, 3.63) is 24.4 Å². The van der Waals surface area contributed by atoms with Crippen LogP contribution in [0.4, 0.5) is 5.82 Å². The largest absolute Gasteiger partial charge is 1.00 e. The van der Waals surface area contributed by atoms with Gasteiger partial charge < -0.3 is 24.8 Å². The van der Waals surface area contributed by atoms with Gasteiger partial charge in [0.1, 0.15) is 0 Å². The standard InChI is InChI=1S/C21H38N2.2ClH/c1-2-3-4-5-6-7-8-9-10-11-12-13-14-16-19-23-20-17-15-18-21(23)22;;/h15,17-18,20,22H,2-14,16,19H2,1H3;2*1H. The Bertz CT molecular complexity index is 386. The van der Waals surface area contributed by atoms with Gasteiger partial charge in [-0.15, -0.1) is 0 Å². The molecule has 1 heterocycles. The van der Waals surface area contributed by atoms with E-state index in [4.69, 9.17) is 0 Å². The van der Waals surface area contributed by atoms with Crippen LogP contribution in [0.2, 0.25) is 0 Å². The Labute approximate surface area is 168 Å². The second kappa shape index (κ2) is 20.0. The van der Waals surface area contributed by atoms with E-state index >= 15 is 0 Å². The summed E-state index contributed by atoms with van der Waals surface area (Å²) in [5.41, 5.74) is 4.07. The molecule has 4 heteroatoms. The number of pyridine rings is 1. The van der Waals surface area contributed by atoms with Crippen molar-refractivity contribution in [2.45, 2.75) is 103 Å². The van der Waals surface area contributed by atoms with Crippen LogP contribution in [-0.4, -0.2) is 0 Å². The first kappa shape index (κ1) is 26.9. The van der Waals surface area contributed by atoms with Gasteiger partial charge in [0.05, 0.1) is 6.07 Å². The quantitative estimate of drug-likeness (QED) is 0.304. The summed E-state index contributed by atoms with van der Waals surface area (Å²) in [4.78, 5) is 0. The predicted octanol–water partition coefficient (Wildman–Crippen LogP) is -0.663. The van der Waals surface area contributed by atoms with Crippen LogP contribution in [0.5, 0.6) is 0 Å². The Morgan fingerprint density at radius 3 is 1.56 bits per heavy atom. The molecule has 1 aromatic rings. The monoisotopic (exact) mass is 390 g/mol. The second-order valence-corrected chi connectivity index (χ2v) is 6.98. The highest BCUT2D eigenvalue weighted by Gasteiger charge is 2.06. The number of hydrogen-bond donors (Lipinski definition) is 1. The van der Waals surface area contributed by atoms with Crippen molar-refractivity contribution in [1.29, 1.82) is 0 Å². The van der Waals surface area contributed by atoms with E-state index < -0.39 is 0 Å². The highest BCUT2D eigenvalue weighted by molar-refractivity contribution is 5.06. The van der Waals surface area contributed by atoms with Crippen molar-refractivity contribution in [3.63, 3.8) is 0 Å². The molecule has 0 radical (unpaired) electrons. The maximum absolute atomic E-state index is 4.07.